The Labute approximate surface area is 134 Å². The number of pyridine rings is 1. The number of phenolic OH excluding ortho intramolecular Hbond substituents is 1. The van der Waals surface area contributed by atoms with Crippen LogP contribution in [0.2, 0.25) is 0 Å². The second-order valence-corrected chi connectivity index (χ2v) is 6.39. The van der Waals surface area contributed by atoms with Gasteiger partial charge in [-0.1, -0.05) is 0 Å². The molecule has 0 amide bonds. The lowest BCUT2D eigenvalue weighted by atomic mass is 9.96. The molecule has 0 spiro atoms. The van der Waals surface area contributed by atoms with Crippen LogP contribution in [0.25, 0.3) is 0 Å². The molecule has 2 aromatic rings. The summed E-state index contributed by atoms with van der Waals surface area (Å²) < 4.78 is 5.66. The van der Waals surface area contributed by atoms with Crippen LogP contribution in [0.4, 0.5) is 11.5 Å². The number of hydrogen-bond acceptors (Lipinski definition) is 5. The lowest BCUT2D eigenvalue weighted by Gasteiger charge is -2.35. The zero-order valence-electron chi connectivity index (χ0n) is 12.6. The normalized spacial score (nSPS) is 24.9. The molecule has 2 fully saturated rings. The van der Waals surface area contributed by atoms with Gasteiger partial charge in [-0.2, -0.15) is 0 Å². The summed E-state index contributed by atoms with van der Waals surface area (Å²) >= 11 is 0. The molecule has 2 atom stereocenters. The van der Waals surface area contributed by atoms with Crippen LogP contribution < -0.4 is 4.90 Å². The SMILES string of the molecule is Oc1ccc2c(c1)C(c1ccnc(N3C4CCC3COC4)c1)=N2. The van der Waals surface area contributed by atoms with Gasteiger partial charge in [0.05, 0.1) is 36.7 Å². The van der Waals surface area contributed by atoms with E-state index in [0.717, 1.165) is 41.6 Å². The standard InChI is InChI=1S/C18H17N3O2/c22-14-3-4-16-15(8-14)18(20-16)11-5-6-19-17(7-11)21-12-1-2-13(21)10-23-9-12/h3-8,12-13,22H,1-2,9-10H2. The quantitative estimate of drug-likeness (QED) is 0.791. The van der Waals surface area contributed by atoms with Crippen molar-refractivity contribution in [1.29, 1.82) is 0 Å². The fourth-order valence-corrected chi connectivity index (χ4v) is 3.87. The second-order valence-electron chi connectivity index (χ2n) is 6.39. The largest absolute Gasteiger partial charge is 0.508 e. The highest BCUT2D eigenvalue weighted by Gasteiger charge is 2.38. The van der Waals surface area contributed by atoms with Crippen LogP contribution in [0.5, 0.6) is 5.75 Å². The van der Waals surface area contributed by atoms with Crippen LogP contribution in [0.1, 0.15) is 24.0 Å². The third-order valence-electron chi connectivity index (χ3n) is 4.99. The Morgan fingerprint density at radius 2 is 1.91 bits per heavy atom. The first-order valence-corrected chi connectivity index (χ1v) is 8.04. The molecule has 0 aliphatic carbocycles. The molecule has 5 heteroatoms. The summed E-state index contributed by atoms with van der Waals surface area (Å²) in [4.78, 5) is 11.6. The van der Waals surface area contributed by atoms with Gasteiger partial charge in [0.2, 0.25) is 0 Å². The molecule has 1 N–H and O–H groups in total. The van der Waals surface area contributed by atoms with Crippen molar-refractivity contribution < 1.29 is 9.84 Å². The van der Waals surface area contributed by atoms with E-state index in [1.54, 1.807) is 12.1 Å². The number of aliphatic imine (C=N–C) groups is 1. The van der Waals surface area contributed by atoms with Crippen LogP contribution >= 0.6 is 0 Å². The minimum Gasteiger partial charge on any atom is -0.508 e. The van der Waals surface area contributed by atoms with E-state index in [1.807, 2.05) is 18.3 Å². The van der Waals surface area contributed by atoms with Crippen molar-refractivity contribution in [3.8, 4) is 5.75 Å². The van der Waals surface area contributed by atoms with Gasteiger partial charge < -0.3 is 14.7 Å². The van der Waals surface area contributed by atoms with Gasteiger partial charge in [-0.3, -0.25) is 0 Å². The number of morpholine rings is 1. The first-order valence-electron chi connectivity index (χ1n) is 8.04. The molecule has 116 valence electrons. The highest BCUT2D eigenvalue weighted by atomic mass is 16.5. The minimum absolute atomic E-state index is 0.275. The number of benzene rings is 1. The molecule has 2 unspecified atom stereocenters. The number of ether oxygens (including phenoxy) is 1. The maximum absolute atomic E-state index is 9.68. The summed E-state index contributed by atoms with van der Waals surface area (Å²) in [6.45, 7) is 1.58. The monoisotopic (exact) mass is 307 g/mol. The lowest BCUT2D eigenvalue weighted by molar-refractivity contribution is 0.0902. The summed E-state index contributed by atoms with van der Waals surface area (Å²) in [7, 11) is 0. The summed E-state index contributed by atoms with van der Waals surface area (Å²) in [5, 5.41) is 9.68. The van der Waals surface area contributed by atoms with E-state index in [9.17, 15) is 5.11 Å². The van der Waals surface area contributed by atoms with Gasteiger partial charge in [0.1, 0.15) is 11.6 Å². The Balaban J connectivity index is 1.50. The summed E-state index contributed by atoms with van der Waals surface area (Å²) in [6, 6.07) is 10.3. The maximum atomic E-state index is 9.68. The fraction of sp³-hybridized carbons (Fsp3) is 0.333. The number of nitrogens with zero attached hydrogens (tertiary/aromatic N) is 3. The van der Waals surface area contributed by atoms with Gasteiger partial charge in [-0.15, -0.1) is 0 Å². The molecule has 2 saturated heterocycles. The number of phenols is 1. The van der Waals surface area contributed by atoms with Crippen LogP contribution in [-0.4, -0.2) is 41.1 Å². The average Bonchev–Trinajstić information content (AvgIpc) is 2.80. The molecule has 2 bridgehead atoms. The molecule has 3 aliphatic heterocycles. The minimum atomic E-state index is 0.275. The second kappa shape index (κ2) is 4.80. The van der Waals surface area contributed by atoms with E-state index < -0.39 is 0 Å². The van der Waals surface area contributed by atoms with Crippen molar-refractivity contribution in [2.24, 2.45) is 4.99 Å². The van der Waals surface area contributed by atoms with Gasteiger partial charge in [-0.25, -0.2) is 9.98 Å². The van der Waals surface area contributed by atoms with Crippen molar-refractivity contribution in [3.05, 3.63) is 47.7 Å². The number of aromatic nitrogens is 1. The molecule has 3 aliphatic rings. The molecule has 4 heterocycles. The summed E-state index contributed by atoms with van der Waals surface area (Å²) in [6.07, 6.45) is 4.20. The van der Waals surface area contributed by atoms with E-state index in [4.69, 9.17) is 4.74 Å². The molecule has 1 aromatic heterocycles. The van der Waals surface area contributed by atoms with Crippen molar-refractivity contribution in [3.63, 3.8) is 0 Å². The van der Waals surface area contributed by atoms with Crippen molar-refractivity contribution >= 4 is 17.2 Å². The topological polar surface area (TPSA) is 58.0 Å². The molecule has 23 heavy (non-hydrogen) atoms. The van der Waals surface area contributed by atoms with Gasteiger partial charge in [-0.05, 0) is 43.2 Å². The number of anilines is 1. The van der Waals surface area contributed by atoms with E-state index >= 15 is 0 Å². The fourth-order valence-electron chi connectivity index (χ4n) is 3.87. The molecule has 5 rings (SSSR count). The first-order chi connectivity index (χ1) is 11.3. The zero-order chi connectivity index (χ0) is 15.4. The predicted octanol–water partition coefficient (Wildman–Crippen LogP) is 2.64. The predicted molar refractivity (Wildman–Crippen MR) is 87.8 cm³/mol. The first kappa shape index (κ1) is 13.1. The Morgan fingerprint density at radius 3 is 2.74 bits per heavy atom. The lowest BCUT2D eigenvalue weighted by Crippen LogP contribution is -2.46. The Bertz CT molecular complexity index is 802. The summed E-state index contributed by atoms with van der Waals surface area (Å²) in [5.41, 5.74) is 3.92. The van der Waals surface area contributed by atoms with Crippen molar-refractivity contribution in [1.82, 2.24) is 4.98 Å². The van der Waals surface area contributed by atoms with Crippen molar-refractivity contribution in [2.75, 3.05) is 18.1 Å². The molecule has 0 radical (unpaired) electrons. The number of rotatable bonds is 2. The van der Waals surface area contributed by atoms with Crippen LogP contribution in [0.3, 0.4) is 0 Å². The van der Waals surface area contributed by atoms with Crippen LogP contribution in [0, 0.1) is 0 Å². The molecule has 0 saturated carbocycles. The van der Waals surface area contributed by atoms with Gasteiger partial charge in [0.25, 0.3) is 0 Å². The Morgan fingerprint density at radius 1 is 1.09 bits per heavy atom. The van der Waals surface area contributed by atoms with Gasteiger partial charge in [0.15, 0.2) is 0 Å². The van der Waals surface area contributed by atoms with Crippen LogP contribution in [-0.2, 0) is 4.74 Å². The summed E-state index contributed by atoms with van der Waals surface area (Å²) in [5.74, 6) is 1.28. The third kappa shape index (κ3) is 1.96. The number of hydrogen-bond donors (Lipinski definition) is 1. The Hall–Kier alpha value is -2.40. The number of aromatic hydroxyl groups is 1. The van der Waals surface area contributed by atoms with E-state index in [1.165, 1.54) is 12.8 Å². The van der Waals surface area contributed by atoms with Crippen molar-refractivity contribution in [2.45, 2.75) is 24.9 Å². The van der Waals surface area contributed by atoms with Crippen LogP contribution in [0.15, 0.2) is 41.5 Å². The van der Waals surface area contributed by atoms with E-state index in [0.29, 0.717) is 12.1 Å². The molecule has 5 nitrogen and oxygen atoms in total. The zero-order valence-corrected chi connectivity index (χ0v) is 12.6. The molecular formula is C18H17N3O2. The molecular weight excluding hydrogens is 290 g/mol. The smallest absolute Gasteiger partial charge is 0.129 e. The van der Waals surface area contributed by atoms with Gasteiger partial charge in [0, 0.05) is 17.3 Å². The third-order valence-corrected chi connectivity index (χ3v) is 4.99. The van der Waals surface area contributed by atoms with E-state index in [2.05, 4.69) is 20.9 Å². The highest BCUT2D eigenvalue weighted by Crippen LogP contribution is 2.37. The number of fused-ring (bicyclic) bond motifs is 3. The highest BCUT2D eigenvalue weighted by molar-refractivity contribution is 6.22. The maximum Gasteiger partial charge on any atom is 0.129 e. The Kier molecular flexibility index (Phi) is 2.73. The van der Waals surface area contributed by atoms with Gasteiger partial charge >= 0.3 is 0 Å². The van der Waals surface area contributed by atoms with E-state index in [-0.39, 0.29) is 5.75 Å². The average molecular weight is 307 g/mol. The molecule has 1 aromatic carbocycles.